The summed E-state index contributed by atoms with van der Waals surface area (Å²) in [5.41, 5.74) is 1.19. The zero-order valence-electron chi connectivity index (χ0n) is 10.6. The van der Waals surface area contributed by atoms with Crippen LogP contribution < -0.4 is 10.6 Å². The van der Waals surface area contributed by atoms with Crippen LogP contribution in [0.1, 0.15) is 12.8 Å². The summed E-state index contributed by atoms with van der Waals surface area (Å²) in [6.07, 6.45) is 3.90. The van der Waals surface area contributed by atoms with Crippen molar-refractivity contribution in [3.63, 3.8) is 0 Å². The van der Waals surface area contributed by atoms with Gasteiger partial charge in [0.05, 0.1) is 0 Å². The molecule has 0 unspecified atom stereocenters. The lowest BCUT2D eigenvalue weighted by Crippen LogP contribution is -2.35. The standard InChI is InChI=1S/C13H17N5S/c1-3-12(19-13-15-9-16-18-13)4-2-10(1)17-11-5-7-14-8-6-11/h1-4,9,11,14,17H,5-8H2,(H,15,16,18). The number of piperidine rings is 1. The van der Waals surface area contributed by atoms with Crippen molar-refractivity contribution in [1.29, 1.82) is 0 Å². The zero-order chi connectivity index (χ0) is 12.9. The van der Waals surface area contributed by atoms with E-state index in [1.165, 1.54) is 24.9 Å². The predicted molar refractivity (Wildman–Crippen MR) is 76.5 cm³/mol. The van der Waals surface area contributed by atoms with Crippen LogP contribution in [-0.4, -0.2) is 34.3 Å². The molecule has 1 aliphatic rings. The molecule has 1 fully saturated rings. The van der Waals surface area contributed by atoms with Crippen LogP contribution in [0.5, 0.6) is 0 Å². The van der Waals surface area contributed by atoms with Gasteiger partial charge in [0, 0.05) is 16.6 Å². The van der Waals surface area contributed by atoms with Gasteiger partial charge in [-0.25, -0.2) is 4.98 Å². The van der Waals surface area contributed by atoms with Gasteiger partial charge in [-0.15, -0.1) is 0 Å². The van der Waals surface area contributed by atoms with E-state index in [4.69, 9.17) is 0 Å². The third-order valence-electron chi connectivity index (χ3n) is 3.17. The average molecular weight is 275 g/mol. The topological polar surface area (TPSA) is 65.6 Å². The molecule has 0 amide bonds. The van der Waals surface area contributed by atoms with Gasteiger partial charge in [-0.1, -0.05) is 11.8 Å². The number of rotatable bonds is 4. The molecule has 0 atom stereocenters. The molecule has 0 radical (unpaired) electrons. The molecule has 1 aromatic carbocycles. The number of aromatic amines is 1. The fourth-order valence-electron chi connectivity index (χ4n) is 2.18. The van der Waals surface area contributed by atoms with E-state index in [-0.39, 0.29) is 0 Å². The van der Waals surface area contributed by atoms with Crippen LogP contribution in [0.2, 0.25) is 0 Å². The van der Waals surface area contributed by atoms with E-state index < -0.39 is 0 Å². The van der Waals surface area contributed by atoms with Gasteiger partial charge < -0.3 is 10.6 Å². The van der Waals surface area contributed by atoms with Crippen molar-refractivity contribution >= 4 is 17.4 Å². The summed E-state index contributed by atoms with van der Waals surface area (Å²) in [4.78, 5) is 5.26. The van der Waals surface area contributed by atoms with E-state index in [1.54, 1.807) is 11.8 Å². The van der Waals surface area contributed by atoms with E-state index >= 15 is 0 Å². The van der Waals surface area contributed by atoms with E-state index in [2.05, 4.69) is 50.1 Å². The van der Waals surface area contributed by atoms with Crippen molar-refractivity contribution in [2.75, 3.05) is 18.4 Å². The Morgan fingerprint density at radius 2 is 1.95 bits per heavy atom. The number of nitrogens with zero attached hydrogens (tertiary/aromatic N) is 2. The molecule has 0 bridgehead atoms. The molecule has 0 saturated carbocycles. The van der Waals surface area contributed by atoms with Crippen LogP contribution in [0, 0.1) is 0 Å². The second-order valence-electron chi connectivity index (χ2n) is 4.59. The first-order valence-corrected chi connectivity index (χ1v) is 7.32. The van der Waals surface area contributed by atoms with E-state index in [0.29, 0.717) is 6.04 Å². The van der Waals surface area contributed by atoms with Gasteiger partial charge >= 0.3 is 0 Å². The zero-order valence-corrected chi connectivity index (χ0v) is 11.4. The molecule has 3 rings (SSSR count). The highest BCUT2D eigenvalue weighted by Crippen LogP contribution is 2.25. The van der Waals surface area contributed by atoms with Crippen molar-refractivity contribution in [1.82, 2.24) is 20.5 Å². The molecule has 1 saturated heterocycles. The summed E-state index contributed by atoms with van der Waals surface area (Å²) in [5.74, 6) is 0. The summed E-state index contributed by atoms with van der Waals surface area (Å²) in [6, 6.07) is 9.06. The van der Waals surface area contributed by atoms with E-state index in [9.17, 15) is 0 Å². The Kier molecular flexibility index (Phi) is 4.00. The molecule has 2 heterocycles. The third-order valence-corrected chi connectivity index (χ3v) is 4.07. The molecule has 6 heteroatoms. The van der Waals surface area contributed by atoms with Crippen molar-refractivity contribution < 1.29 is 0 Å². The Morgan fingerprint density at radius 1 is 1.16 bits per heavy atom. The fourth-order valence-corrected chi connectivity index (χ4v) is 2.87. The average Bonchev–Trinajstić information content (AvgIpc) is 2.95. The Morgan fingerprint density at radius 3 is 2.63 bits per heavy atom. The molecular formula is C13H17N5S. The highest BCUT2D eigenvalue weighted by atomic mass is 32.2. The summed E-state index contributed by atoms with van der Waals surface area (Å²) < 4.78 is 0. The Labute approximate surface area is 116 Å². The Balaban J connectivity index is 1.58. The highest BCUT2D eigenvalue weighted by Gasteiger charge is 2.12. The lowest BCUT2D eigenvalue weighted by molar-refractivity contribution is 0.479. The summed E-state index contributed by atoms with van der Waals surface area (Å²) in [5, 5.41) is 14.5. The molecular weight excluding hydrogens is 258 g/mol. The normalized spacial score (nSPS) is 16.4. The quantitative estimate of drug-likeness (QED) is 0.797. The molecule has 0 aliphatic carbocycles. The smallest absolute Gasteiger partial charge is 0.188 e. The summed E-state index contributed by atoms with van der Waals surface area (Å²) >= 11 is 1.58. The van der Waals surface area contributed by atoms with Crippen LogP contribution in [0.3, 0.4) is 0 Å². The predicted octanol–water partition coefficient (Wildman–Crippen LogP) is 2.12. The van der Waals surface area contributed by atoms with Gasteiger partial charge in [0.1, 0.15) is 6.33 Å². The molecule has 1 aliphatic heterocycles. The minimum atomic E-state index is 0.592. The highest BCUT2D eigenvalue weighted by molar-refractivity contribution is 7.99. The van der Waals surface area contributed by atoms with Crippen molar-refractivity contribution in [2.45, 2.75) is 28.9 Å². The number of anilines is 1. The first kappa shape index (κ1) is 12.5. The van der Waals surface area contributed by atoms with Crippen molar-refractivity contribution in [3.05, 3.63) is 30.6 Å². The minimum Gasteiger partial charge on any atom is -0.382 e. The summed E-state index contributed by atoms with van der Waals surface area (Å²) in [6.45, 7) is 2.22. The summed E-state index contributed by atoms with van der Waals surface area (Å²) in [7, 11) is 0. The lowest BCUT2D eigenvalue weighted by Gasteiger charge is -2.24. The number of aromatic nitrogens is 3. The first-order chi connectivity index (χ1) is 9.40. The second kappa shape index (κ2) is 6.08. The van der Waals surface area contributed by atoms with Gasteiger partial charge in [-0.2, -0.15) is 5.10 Å². The molecule has 2 aromatic rings. The number of hydrogen-bond acceptors (Lipinski definition) is 5. The molecule has 100 valence electrons. The van der Waals surface area contributed by atoms with Crippen LogP contribution in [0.15, 0.2) is 40.6 Å². The third kappa shape index (κ3) is 3.48. The molecule has 19 heavy (non-hydrogen) atoms. The monoisotopic (exact) mass is 275 g/mol. The maximum absolute atomic E-state index is 4.10. The lowest BCUT2D eigenvalue weighted by atomic mass is 10.1. The Hall–Kier alpha value is -1.53. The van der Waals surface area contributed by atoms with E-state index in [1.807, 2.05) is 0 Å². The van der Waals surface area contributed by atoms with Crippen LogP contribution in [0.25, 0.3) is 0 Å². The van der Waals surface area contributed by atoms with Crippen molar-refractivity contribution in [2.24, 2.45) is 0 Å². The minimum absolute atomic E-state index is 0.592. The molecule has 3 N–H and O–H groups in total. The van der Waals surface area contributed by atoms with Crippen LogP contribution in [0.4, 0.5) is 5.69 Å². The number of nitrogens with one attached hydrogen (secondary N) is 3. The van der Waals surface area contributed by atoms with E-state index in [0.717, 1.165) is 23.1 Å². The van der Waals surface area contributed by atoms with Gasteiger partial charge in [-0.05, 0) is 50.2 Å². The van der Waals surface area contributed by atoms with Crippen LogP contribution in [-0.2, 0) is 0 Å². The molecule has 0 spiro atoms. The second-order valence-corrected chi connectivity index (χ2v) is 5.65. The SMILES string of the molecule is c1n[nH]c(Sc2ccc(NC3CCNCC3)cc2)n1. The number of hydrogen-bond donors (Lipinski definition) is 3. The number of benzene rings is 1. The number of H-pyrrole nitrogens is 1. The maximum atomic E-state index is 4.10. The maximum Gasteiger partial charge on any atom is 0.188 e. The van der Waals surface area contributed by atoms with Gasteiger partial charge in [-0.3, -0.25) is 5.10 Å². The first-order valence-electron chi connectivity index (χ1n) is 6.51. The Bertz CT molecular complexity index is 490. The van der Waals surface area contributed by atoms with Gasteiger partial charge in [0.2, 0.25) is 0 Å². The van der Waals surface area contributed by atoms with Crippen molar-refractivity contribution in [3.8, 4) is 0 Å². The van der Waals surface area contributed by atoms with Crippen LogP contribution >= 0.6 is 11.8 Å². The largest absolute Gasteiger partial charge is 0.382 e. The van der Waals surface area contributed by atoms with Gasteiger partial charge in [0.25, 0.3) is 0 Å². The molecule has 1 aromatic heterocycles. The van der Waals surface area contributed by atoms with Gasteiger partial charge in [0.15, 0.2) is 5.16 Å². The molecule has 5 nitrogen and oxygen atoms in total. The fraction of sp³-hybridized carbons (Fsp3) is 0.385.